The molecule has 3 N–H and O–H groups in total. The predicted octanol–water partition coefficient (Wildman–Crippen LogP) is 16.3. The van der Waals surface area contributed by atoms with Gasteiger partial charge >= 0.3 is 39.5 Å². The molecule has 80 heavy (non-hydrogen) atoms. The number of carbonyl (C=O) groups excluding carboxylic acids is 4. The number of carbonyl (C=O) groups is 4. The standard InChI is InChI=1S/C61H114O17P2/c1-5-9-13-17-20-22-24-26-27-29-31-33-36-40-44-48-61(66)78-57(52-72-59(64)46-42-38-35-32-30-28-25-23-21-18-14-10-6-2)54-76-80(69,70)74-50-55(62)49-73-79(67,68)75-53-56(51-71-58(63)45-41-37-16-12-8-4)77-60(65)47-43-39-34-19-15-11-7-3/h22,24,26-27,55-57,62H,5-21,23,25,28-54H2,1-4H3,(H,67,68)(H,69,70)/b24-22-,27-26-/t55-,56+,57+/m0/s1. The lowest BCUT2D eigenvalue weighted by molar-refractivity contribution is -0.161. The Hall–Kier alpha value is -2.46. The van der Waals surface area contributed by atoms with E-state index in [1.54, 1.807) is 0 Å². The predicted molar refractivity (Wildman–Crippen MR) is 317 cm³/mol. The fourth-order valence-electron chi connectivity index (χ4n) is 8.56. The molecule has 2 unspecified atom stereocenters. The number of phosphoric acid groups is 2. The molecule has 0 aliphatic heterocycles. The highest BCUT2D eigenvalue weighted by Gasteiger charge is 2.30. The van der Waals surface area contributed by atoms with E-state index in [0.717, 1.165) is 122 Å². The van der Waals surface area contributed by atoms with Crippen molar-refractivity contribution >= 4 is 39.5 Å². The van der Waals surface area contributed by atoms with E-state index in [4.69, 9.17) is 37.0 Å². The van der Waals surface area contributed by atoms with Gasteiger partial charge in [-0.25, -0.2) is 9.13 Å². The highest BCUT2D eigenvalue weighted by atomic mass is 31.2. The molecule has 0 spiro atoms. The minimum atomic E-state index is -4.95. The third-order valence-electron chi connectivity index (χ3n) is 13.5. The molecule has 0 aromatic heterocycles. The number of allylic oxidation sites excluding steroid dienone is 4. The molecule has 17 nitrogen and oxygen atoms in total. The molecule has 0 saturated heterocycles. The van der Waals surface area contributed by atoms with E-state index >= 15 is 0 Å². The number of rotatable bonds is 60. The first-order valence-electron chi connectivity index (χ1n) is 31.6. The summed E-state index contributed by atoms with van der Waals surface area (Å²) in [6.07, 6.45) is 43.0. The molecule has 5 atom stereocenters. The van der Waals surface area contributed by atoms with Crippen LogP contribution in [0.15, 0.2) is 24.3 Å². The molecule has 0 rings (SSSR count). The van der Waals surface area contributed by atoms with Gasteiger partial charge in [0.25, 0.3) is 0 Å². The van der Waals surface area contributed by atoms with Crippen LogP contribution in [0.1, 0.15) is 285 Å². The number of phosphoric ester groups is 2. The molecule has 0 saturated carbocycles. The van der Waals surface area contributed by atoms with Crippen LogP contribution in [0.3, 0.4) is 0 Å². The van der Waals surface area contributed by atoms with Gasteiger partial charge in [0.2, 0.25) is 0 Å². The zero-order valence-electron chi connectivity index (χ0n) is 50.5. The maximum atomic E-state index is 12.9. The maximum Gasteiger partial charge on any atom is 0.472 e. The summed E-state index contributed by atoms with van der Waals surface area (Å²) in [6, 6.07) is 0. The number of unbranched alkanes of at least 4 members (excludes halogenated alkanes) is 31. The summed E-state index contributed by atoms with van der Waals surface area (Å²) in [4.78, 5) is 71.7. The van der Waals surface area contributed by atoms with E-state index in [1.807, 2.05) is 0 Å². The van der Waals surface area contributed by atoms with Gasteiger partial charge in [-0.1, -0.05) is 232 Å². The minimum absolute atomic E-state index is 0.0854. The largest absolute Gasteiger partial charge is 0.472 e. The zero-order valence-corrected chi connectivity index (χ0v) is 52.3. The Bertz CT molecular complexity index is 1640. The number of aliphatic hydroxyl groups is 1. The van der Waals surface area contributed by atoms with Crippen molar-refractivity contribution in [2.75, 3.05) is 39.6 Å². The molecule has 0 aromatic rings. The first-order valence-corrected chi connectivity index (χ1v) is 34.6. The third kappa shape index (κ3) is 54.8. The van der Waals surface area contributed by atoms with E-state index in [-0.39, 0.29) is 25.7 Å². The summed E-state index contributed by atoms with van der Waals surface area (Å²) in [6.45, 7) is 4.67. The highest BCUT2D eigenvalue weighted by molar-refractivity contribution is 7.47. The highest BCUT2D eigenvalue weighted by Crippen LogP contribution is 2.45. The van der Waals surface area contributed by atoms with Crippen molar-refractivity contribution in [1.82, 2.24) is 0 Å². The Balaban J connectivity index is 5.20. The van der Waals surface area contributed by atoms with Crippen molar-refractivity contribution in [1.29, 1.82) is 0 Å². The first kappa shape index (κ1) is 77.5. The Morgan fingerprint density at radius 1 is 0.350 bits per heavy atom. The number of hydrogen-bond donors (Lipinski definition) is 3. The van der Waals surface area contributed by atoms with Gasteiger partial charge in [-0.05, 0) is 51.4 Å². The third-order valence-corrected chi connectivity index (χ3v) is 15.4. The minimum Gasteiger partial charge on any atom is -0.462 e. The van der Waals surface area contributed by atoms with Crippen molar-refractivity contribution in [3.8, 4) is 0 Å². The van der Waals surface area contributed by atoms with Crippen molar-refractivity contribution in [2.24, 2.45) is 0 Å². The van der Waals surface area contributed by atoms with Gasteiger partial charge in [0.05, 0.1) is 26.4 Å². The van der Waals surface area contributed by atoms with Gasteiger partial charge in [-0.3, -0.25) is 37.3 Å². The van der Waals surface area contributed by atoms with Crippen LogP contribution >= 0.6 is 15.6 Å². The van der Waals surface area contributed by atoms with Gasteiger partial charge in [0.15, 0.2) is 12.2 Å². The molecule has 470 valence electrons. The van der Waals surface area contributed by atoms with Crippen molar-refractivity contribution in [2.45, 2.75) is 303 Å². The molecule has 0 amide bonds. The molecule has 0 aromatic carbocycles. The van der Waals surface area contributed by atoms with Gasteiger partial charge < -0.3 is 33.8 Å². The number of esters is 4. The average Bonchev–Trinajstić information content (AvgIpc) is 3.43. The van der Waals surface area contributed by atoms with Crippen LogP contribution in [0.4, 0.5) is 0 Å². The summed E-state index contributed by atoms with van der Waals surface area (Å²) in [5.41, 5.74) is 0. The quantitative estimate of drug-likeness (QED) is 0.0169. The topological polar surface area (TPSA) is 237 Å². The lowest BCUT2D eigenvalue weighted by Crippen LogP contribution is -2.30. The Morgan fingerprint density at radius 2 is 0.600 bits per heavy atom. The summed E-state index contributed by atoms with van der Waals surface area (Å²) in [5, 5.41) is 10.5. The van der Waals surface area contributed by atoms with Crippen LogP contribution in [-0.4, -0.2) is 96.7 Å². The lowest BCUT2D eigenvalue weighted by Gasteiger charge is -2.21. The van der Waals surface area contributed by atoms with E-state index in [1.165, 1.54) is 83.5 Å². The molecule has 19 heteroatoms. The second kappa shape index (κ2) is 55.7. The monoisotopic (exact) mass is 1180 g/mol. The van der Waals surface area contributed by atoms with Crippen LogP contribution in [-0.2, 0) is 65.4 Å². The SMILES string of the molecule is CCCCCC/C=C\C=C/CCCCCCCC(=O)O[C@H](COC(=O)CCCCCCCCCCCCCCC)COP(=O)(O)OC[C@@H](O)COP(=O)(O)OC[C@@H](COC(=O)CCCCCCC)OC(=O)CCCCCCCCC. The second-order valence-corrected chi connectivity index (χ2v) is 24.3. The molecular weight excluding hydrogens is 1070 g/mol. The number of ether oxygens (including phenoxy) is 4. The Kier molecular flexibility index (Phi) is 54.0. The molecule has 0 bridgehead atoms. The van der Waals surface area contributed by atoms with Crippen LogP contribution in [0.2, 0.25) is 0 Å². The first-order chi connectivity index (χ1) is 38.7. The van der Waals surface area contributed by atoms with Gasteiger partial charge in [0, 0.05) is 25.7 Å². The summed E-state index contributed by atoms with van der Waals surface area (Å²) < 4.78 is 67.5. The maximum absolute atomic E-state index is 12.9. The van der Waals surface area contributed by atoms with Gasteiger partial charge in [-0.2, -0.15) is 0 Å². The second-order valence-electron chi connectivity index (χ2n) is 21.4. The van der Waals surface area contributed by atoms with Gasteiger partial charge in [0.1, 0.15) is 19.3 Å². The van der Waals surface area contributed by atoms with Gasteiger partial charge in [-0.15, -0.1) is 0 Å². The van der Waals surface area contributed by atoms with Crippen LogP contribution in [0.25, 0.3) is 0 Å². The fourth-order valence-corrected chi connectivity index (χ4v) is 10.1. The van der Waals surface area contributed by atoms with E-state index in [2.05, 4.69) is 52.0 Å². The van der Waals surface area contributed by atoms with Crippen LogP contribution < -0.4 is 0 Å². The summed E-state index contributed by atoms with van der Waals surface area (Å²) in [7, 11) is -9.88. The number of aliphatic hydroxyl groups excluding tert-OH is 1. The lowest BCUT2D eigenvalue weighted by atomic mass is 10.0. The molecular formula is C61H114O17P2. The van der Waals surface area contributed by atoms with E-state index < -0.39 is 97.5 Å². The Labute approximate surface area is 484 Å². The molecule has 0 radical (unpaired) electrons. The normalized spacial score (nSPS) is 14.4. The molecule has 0 fully saturated rings. The smallest absolute Gasteiger partial charge is 0.462 e. The zero-order chi connectivity index (χ0) is 59.1. The molecule has 0 aliphatic rings. The summed E-state index contributed by atoms with van der Waals surface area (Å²) in [5.74, 6) is -2.18. The van der Waals surface area contributed by atoms with Crippen molar-refractivity contribution in [3.63, 3.8) is 0 Å². The molecule has 0 aliphatic carbocycles. The average molecular weight is 1180 g/mol. The van der Waals surface area contributed by atoms with Crippen molar-refractivity contribution < 1.29 is 80.2 Å². The Morgan fingerprint density at radius 3 is 0.912 bits per heavy atom. The summed E-state index contributed by atoms with van der Waals surface area (Å²) >= 11 is 0. The van der Waals surface area contributed by atoms with E-state index in [9.17, 15) is 43.2 Å². The van der Waals surface area contributed by atoms with E-state index in [0.29, 0.717) is 25.7 Å². The molecule has 0 heterocycles. The van der Waals surface area contributed by atoms with Crippen LogP contribution in [0, 0.1) is 0 Å². The van der Waals surface area contributed by atoms with Crippen LogP contribution in [0.5, 0.6) is 0 Å². The fraction of sp³-hybridized carbons (Fsp3) is 0.869. The van der Waals surface area contributed by atoms with Crippen molar-refractivity contribution in [3.05, 3.63) is 24.3 Å². The number of hydrogen-bond acceptors (Lipinski definition) is 15.